The summed E-state index contributed by atoms with van der Waals surface area (Å²) in [5, 5.41) is 7.59. The average molecular weight is 687 g/mol. The van der Waals surface area contributed by atoms with Crippen molar-refractivity contribution in [2.24, 2.45) is 0 Å². The van der Waals surface area contributed by atoms with Gasteiger partial charge in [0, 0.05) is 32.9 Å². The first-order chi connectivity index (χ1) is 26.8. The van der Waals surface area contributed by atoms with Crippen molar-refractivity contribution in [2.45, 2.75) is 0 Å². The zero-order valence-corrected chi connectivity index (χ0v) is 29.5. The van der Waals surface area contributed by atoms with Crippen LogP contribution in [0.3, 0.4) is 0 Å². The SMILES string of the molecule is c1cc(-c2ccc(-c3cccc4cccc(-c5cccc(-n6c7ccccc7c7ccccc76)c5)c34)cc2)cc(-n2c3ccccc3c3ccccc32)c1. The smallest absolute Gasteiger partial charge is 0.0541 e. The summed E-state index contributed by atoms with van der Waals surface area (Å²) in [6, 6.07) is 75.2. The molecule has 2 heteroatoms. The molecule has 0 amide bonds. The van der Waals surface area contributed by atoms with Crippen molar-refractivity contribution < 1.29 is 0 Å². The summed E-state index contributed by atoms with van der Waals surface area (Å²) in [7, 11) is 0. The van der Waals surface area contributed by atoms with E-state index in [1.165, 1.54) is 87.8 Å². The van der Waals surface area contributed by atoms with Crippen molar-refractivity contribution in [3.63, 3.8) is 0 Å². The molecule has 0 saturated heterocycles. The van der Waals surface area contributed by atoms with Gasteiger partial charge in [-0.2, -0.15) is 0 Å². The lowest BCUT2D eigenvalue weighted by Crippen LogP contribution is -1.94. The van der Waals surface area contributed by atoms with E-state index in [4.69, 9.17) is 0 Å². The predicted molar refractivity (Wildman–Crippen MR) is 229 cm³/mol. The fourth-order valence-corrected chi connectivity index (χ4v) is 8.70. The molecular formula is C52H34N2. The van der Waals surface area contributed by atoms with Crippen molar-refractivity contribution in [1.29, 1.82) is 0 Å². The number of nitrogens with zero attached hydrogens (tertiary/aromatic N) is 2. The molecule has 2 heterocycles. The quantitative estimate of drug-likeness (QED) is 0.171. The Morgan fingerprint density at radius 1 is 0.259 bits per heavy atom. The van der Waals surface area contributed by atoms with Crippen LogP contribution in [-0.4, -0.2) is 9.13 Å². The Kier molecular flexibility index (Phi) is 6.90. The number of benzene rings is 9. The van der Waals surface area contributed by atoms with Crippen LogP contribution in [0.5, 0.6) is 0 Å². The maximum absolute atomic E-state index is 2.40. The second kappa shape index (κ2) is 12.2. The number of para-hydroxylation sites is 4. The van der Waals surface area contributed by atoms with Crippen molar-refractivity contribution in [3.05, 3.63) is 206 Å². The molecule has 0 fully saturated rings. The standard InChI is InChI=1S/C52H34N2/c1-5-25-48-44(19-1)45-20-2-6-26-49(45)53(48)40-17-9-15-38(33-40)35-29-31-36(32-30-35)42-23-11-13-37-14-12-24-43(52(37)42)39-16-10-18-41(34-39)54-50-27-7-3-21-46(50)47-22-4-8-28-51(47)54/h1-34H. The van der Waals surface area contributed by atoms with E-state index >= 15 is 0 Å². The number of hydrogen-bond donors (Lipinski definition) is 0. The Labute approximate surface area is 313 Å². The van der Waals surface area contributed by atoms with Gasteiger partial charge in [-0.25, -0.2) is 0 Å². The fourth-order valence-electron chi connectivity index (χ4n) is 8.70. The molecule has 0 bridgehead atoms. The first kappa shape index (κ1) is 30.5. The summed E-state index contributed by atoms with van der Waals surface area (Å²) in [6.45, 7) is 0. The number of aromatic nitrogens is 2. The molecule has 0 saturated carbocycles. The summed E-state index contributed by atoms with van der Waals surface area (Å²) in [5.74, 6) is 0. The summed E-state index contributed by atoms with van der Waals surface area (Å²) >= 11 is 0. The summed E-state index contributed by atoms with van der Waals surface area (Å²) in [6.07, 6.45) is 0. The fraction of sp³-hybridized carbons (Fsp3) is 0. The highest BCUT2D eigenvalue weighted by Gasteiger charge is 2.16. The molecule has 252 valence electrons. The van der Waals surface area contributed by atoms with Gasteiger partial charge in [-0.1, -0.05) is 158 Å². The molecule has 0 spiro atoms. The lowest BCUT2D eigenvalue weighted by molar-refractivity contribution is 1.18. The van der Waals surface area contributed by atoms with Gasteiger partial charge in [-0.05, 0) is 92.7 Å². The van der Waals surface area contributed by atoms with Gasteiger partial charge < -0.3 is 9.13 Å². The van der Waals surface area contributed by atoms with Crippen molar-refractivity contribution in [3.8, 4) is 44.8 Å². The van der Waals surface area contributed by atoms with Crippen LogP contribution in [0.1, 0.15) is 0 Å². The molecule has 0 aliphatic heterocycles. The number of hydrogen-bond acceptors (Lipinski definition) is 0. The van der Waals surface area contributed by atoms with E-state index in [9.17, 15) is 0 Å². The van der Waals surface area contributed by atoms with Gasteiger partial charge in [-0.15, -0.1) is 0 Å². The van der Waals surface area contributed by atoms with Crippen LogP contribution in [0.4, 0.5) is 0 Å². The largest absolute Gasteiger partial charge is 0.309 e. The molecule has 2 aromatic heterocycles. The Balaban J connectivity index is 1.00. The lowest BCUT2D eigenvalue weighted by atomic mass is 9.90. The zero-order valence-electron chi connectivity index (χ0n) is 29.5. The Morgan fingerprint density at radius 3 is 1.15 bits per heavy atom. The molecule has 54 heavy (non-hydrogen) atoms. The van der Waals surface area contributed by atoms with E-state index in [-0.39, 0.29) is 0 Å². The van der Waals surface area contributed by atoms with Gasteiger partial charge in [0.15, 0.2) is 0 Å². The monoisotopic (exact) mass is 686 g/mol. The molecule has 9 aromatic carbocycles. The van der Waals surface area contributed by atoms with Crippen LogP contribution < -0.4 is 0 Å². The van der Waals surface area contributed by atoms with E-state index in [2.05, 4.69) is 215 Å². The molecular weight excluding hydrogens is 653 g/mol. The van der Waals surface area contributed by atoms with E-state index in [1.54, 1.807) is 0 Å². The topological polar surface area (TPSA) is 9.86 Å². The number of fused-ring (bicyclic) bond motifs is 7. The Hall–Kier alpha value is -7.16. The van der Waals surface area contributed by atoms with E-state index in [0.717, 1.165) is 11.4 Å². The highest BCUT2D eigenvalue weighted by molar-refractivity contribution is 6.11. The molecule has 0 aliphatic rings. The molecule has 2 nitrogen and oxygen atoms in total. The summed E-state index contributed by atoms with van der Waals surface area (Å²) in [4.78, 5) is 0. The lowest BCUT2D eigenvalue weighted by Gasteiger charge is -2.15. The van der Waals surface area contributed by atoms with Crippen molar-refractivity contribution in [1.82, 2.24) is 9.13 Å². The third-order valence-corrected chi connectivity index (χ3v) is 11.1. The maximum atomic E-state index is 2.40. The first-order valence-electron chi connectivity index (χ1n) is 18.6. The summed E-state index contributed by atoms with van der Waals surface area (Å²) < 4.78 is 4.78. The Bertz CT molecular complexity index is 3100. The van der Waals surface area contributed by atoms with Crippen LogP contribution >= 0.6 is 0 Å². The van der Waals surface area contributed by atoms with E-state index < -0.39 is 0 Å². The minimum atomic E-state index is 1.16. The van der Waals surface area contributed by atoms with Gasteiger partial charge >= 0.3 is 0 Å². The normalized spacial score (nSPS) is 11.7. The molecule has 0 N–H and O–H groups in total. The van der Waals surface area contributed by atoms with Gasteiger partial charge in [0.1, 0.15) is 0 Å². The molecule has 0 atom stereocenters. The van der Waals surface area contributed by atoms with Crippen molar-refractivity contribution >= 4 is 54.4 Å². The van der Waals surface area contributed by atoms with E-state index in [0.29, 0.717) is 0 Å². The minimum absolute atomic E-state index is 1.16. The van der Waals surface area contributed by atoms with Crippen LogP contribution in [-0.2, 0) is 0 Å². The Morgan fingerprint density at radius 2 is 0.648 bits per heavy atom. The van der Waals surface area contributed by atoms with Gasteiger partial charge in [-0.3, -0.25) is 0 Å². The van der Waals surface area contributed by atoms with Crippen LogP contribution in [0.15, 0.2) is 206 Å². The second-order valence-electron chi connectivity index (χ2n) is 14.1. The first-order valence-corrected chi connectivity index (χ1v) is 18.6. The third-order valence-electron chi connectivity index (χ3n) is 11.1. The molecule has 0 unspecified atom stereocenters. The molecule has 11 aromatic rings. The summed E-state index contributed by atoms with van der Waals surface area (Å²) in [5.41, 5.74) is 14.5. The van der Waals surface area contributed by atoms with Crippen LogP contribution in [0.25, 0.3) is 99.1 Å². The highest BCUT2D eigenvalue weighted by atomic mass is 15.0. The minimum Gasteiger partial charge on any atom is -0.309 e. The van der Waals surface area contributed by atoms with E-state index in [1.807, 2.05) is 0 Å². The maximum Gasteiger partial charge on any atom is 0.0541 e. The second-order valence-corrected chi connectivity index (χ2v) is 14.1. The zero-order chi connectivity index (χ0) is 35.6. The third kappa shape index (κ3) is 4.74. The van der Waals surface area contributed by atoms with Gasteiger partial charge in [0.2, 0.25) is 0 Å². The van der Waals surface area contributed by atoms with Gasteiger partial charge in [0.25, 0.3) is 0 Å². The highest BCUT2D eigenvalue weighted by Crippen LogP contribution is 2.40. The number of rotatable bonds is 5. The molecule has 11 rings (SSSR count). The molecule has 0 aliphatic carbocycles. The van der Waals surface area contributed by atoms with Crippen molar-refractivity contribution in [2.75, 3.05) is 0 Å². The molecule has 0 radical (unpaired) electrons. The predicted octanol–water partition coefficient (Wildman–Crippen LogP) is 14.0. The van der Waals surface area contributed by atoms with Gasteiger partial charge in [0.05, 0.1) is 22.1 Å². The van der Waals surface area contributed by atoms with Crippen LogP contribution in [0.2, 0.25) is 0 Å². The van der Waals surface area contributed by atoms with Crippen LogP contribution in [0, 0.1) is 0 Å². The average Bonchev–Trinajstić information content (AvgIpc) is 3.77.